The number of halogens is 1. The third-order valence-corrected chi connectivity index (χ3v) is 6.68. The van der Waals surface area contributed by atoms with Crippen molar-refractivity contribution in [2.24, 2.45) is 7.05 Å². The number of ether oxygens (including phenoxy) is 2. The van der Waals surface area contributed by atoms with Gasteiger partial charge in [-0.3, -0.25) is 4.79 Å². The lowest BCUT2D eigenvalue weighted by Gasteiger charge is -2.15. The molecule has 0 saturated carbocycles. The van der Waals surface area contributed by atoms with Crippen molar-refractivity contribution in [1.29, 1.82) is 0 Å². The topological polar surface area (TPSA) is 120 Å². The molecule has 0 aliphatic heterocycles. The molecule has 0 aliphatic rings. The van der Waals surface area contributed by atoms with E-state index in [4.69, 9.17) is 9.47 Å². The molecule has 0 atom stereocenters. The molecular formula is C31H27FN8O3. The minimum atomic E-state index is -0.939. The van der Waals surface area contributed by atoms with E-state index >= 15 is 0 Å². The highest BCUT2D eigenvalue weighted by atomic mass is 19.1. The summed E-state index contributed by atoms with van der Waals surface area (Å²) in [5, 5.41) is 10.7. The first-order chi connectivity index (χ1) is 20.9. The quantitative estimate of drug-likeness (QED) is 0.195. The zero-order valence-electron chi connectivity index (χ0n) is 23.6. The number of nitrogens with one attached hydrogen (secondary N) is 2. The maximum atomic E-state index is 14.8. The van der Waals surface area contributed by atoms with Gasteiger partial charge >= 0.3 is 0 Å². The number of benzene rings is 2. The lowest BCUT2D eigenvalue weighted by atomic mass is 10.1. The first-order valence-corrected chi connectivity index (χ1v) is 13.4. The van der Waals surface area contributed by atoms with Crippen LogP contribution in [0, 0.1) is 6.92 Å². The van der Waals surface area contributed by atoms with Crippen LogP contribution in [-0.2, 0) is 11.8 Å². The van der Waals surface area contributed by atoms with Crippen LogP contribution < -0.4 is 20.1 Å². The van der Waals surface area contributed by atoms with E-state index in [0.717, 1.165) is 11.3 Å². The second-order valence-electron chi connectivity index (χ2n) is 9.64. The van der Waals surface area contributed by atoms with E-state index in [-0.39, 0.29) is 5.69 Å². The van der Waals surface area contributed by atoms with Crippen molar-refractivity contribution in [2.75, 3.05) is 17.2 Å². The molecule has 11 nitrogen and oxygen atoms in total. The second kappa shape index (κ2) is 11.6. The summed E-state index contributed by atoms with van der Waals surface area (Å²) in [5.74, 6) is 0.336. The van der Waals surface area contributed by atoms with Crippen LogP contribution in [0.1, 0.15) is 18.2 Å². The highest BCUT2D eigenvalue weighted by molar-refractivity contribution is 6.07. The van der Waals surface area contributed by atoms with Crippen molar-refractivity contribution in [3.8, 4) is 17.2 Å². The number of carbonyl (C=O) groups excluding carboxylic acids is 1. The number of hydrogen-bond acceptors (Lipinski definition) is 8. The summed E-state index contributed by atoms with van der Waals surface area (Å²) in [4.78, 5) is 25.8. The highest BCUT2D eigenvalue weighted by Crippen LogP contribution is 2.35. The van der Waals surface area contributed by atoms with Gasteiger partial charge in [0.2, 0.25) is 0 Å². The molecule has 2 N–H and O–H groups in total. The average Bonchev–Trinajstić information content (AvgIpc) is 3.63. The fourth-order valence-electron chi connectivity index (χ4n) is 4.52. The summed E-state index contributed by atoms with van der Waals surface area (Å²) in [6, 6.07) is 16.1. The zero-order chi connectivity index (χ0) is 29.9. The molecule has 0 fully saturated rings. The van der Waals surface area contributed by atoms with Gasteiger partial charge in [-0.25, -0.2) is 23.9 Å². The molecule has 0 aliphatic carbocycles. The summed E-state index contributed by atoms with van der Waals surface area (Å²) in [7, 11) is 1.77. The Balaban J connectivity index is 1.26. The van der Waals surface area contributed by atoms with Gasteiger partial charge in [0.15, 0.2) is 11.5 Å². The van der Waals surface area contributed by atoms with E-state index in [1.165, 1.54) is 18.7 Å². The fourth-order valence-corrected chi connectivity index (χ4v) is 4.52. The van der Waals surface area contributed by atoms with Crippen molar-refractivity contribution in [3.05, 3.63) is 96.7 Å². The van der Waals surface area contributed by atoms with Gasteiger partial charge in [0, 0.05) is 54.4 Å². The number of fused-ring (bicyclic) bond motifs is 2. The predicted molar refractivity (Wildman–Crippen MR) is 161 cm³/mol. The SMILES string of the molecule is CCOc1cc2ncnc(Nc3ccc(Oc4ccn5ncnc5c4)c(C)c3)c2cc1NC(=O)/C(F)=C/c1cccn1C. The highest BCUT2D eigenvalue weighted by Gasteiger charge is 2.17. The summed E-state index contributed by atoms with van der Waals surface area (Å²) < 4.78 is 30.0. The number of nitrogens with zero attached hydrogens (tertiary/aromatic N) is 6. The first-order valence-electron chi connectivity index (χ1n) is 13.4. The van der Waals surface area contributed by atoms with Gasteiger partial charge in [-0.05, 0) is 61.9 Å². The molecular weight excluding hydrogens is 551 g/mol. The zero-order valence-corrected chi connectivity index (χ0v) is 23.6. The monoisotopic (exact) mass is 578 g/mol. The number of rotatable bonds is 9. The minimum absolute atomic E-state index is 0.289. The molecule has 43 heavy (non-hydrogen) atoms. The summed E-state index contributed by atoms with van der Waals surface area (Å²) in [6.07, 6.45) is 7.65. The molecule has 6 rings (SSSR count). The van der Waals surface area contributed by atoms with E-state index in [9.17, 15) is 9.18 Å². The van der Waals surface area contributed by atoms with Crippen molar-refractivity contribution in [2.45, 2.75) is 13.8 Å². The molecule has 0 saturated heterocycles. The predicted octanol–water partition coefficient (Wildman–Crippen LogP) is 6.20. The number of hydrogen-bond donors (Lipinski definition) is 2. The summed E-state index contributed by atoms with van der Waals surface area (Å²) in [5.41, 5.74) is 3.75. The van der Waals surface area contributed by atoms with Gasteiger partial charge in [0.25, 0.3) is 5.91 Å². The average molecular weight is 579 g/mol. The first kappa shape index (κ1) is 27.4. The maximum absolute atomic E-state index is 14.8. The molecule has 0 unspecified atom stereocenters. The Morgan fingerprint density at radius 2 is 1.91 bits per heavy atom. The normalized spacial score (nSPS) is 11.6. The number of amides is 1. The molecule has 4 heterocycles. The molecule has 0 radical (unpaired) electrons. The van der Waals surface area contributed by atoms with Gasteiger partial charge in [-0.1, -0.05) is 0 Å². The standard InChI is InChI=1S/C31H27FN8O3/c1-4-42-28-16-25-23(15-26(28)38-31(41)24(32)13-21-6-5-10-39(21)3)30(35-17-33-25)37-20-7-8-27(19(2)12-20)43-22-9-11-40-29(14-22)34-18-36-40/h5-18H,4H2,1-3H3,(H,38,41)(H,33,35,37)/b24-13-. The molecule has 6 aromatic rings. The molecule has 0 bridgehead atoms. The third-order valence-electron chi connectivity index (χ3n) is 6.68. The number of anilines is 3. The van der Waals surface area contributed by atoms with E-state index in [1.54, 1.807) is 52.8 Å². The lowest BCUT2D eigenvalue weighted by molar-refractivity contribution is -0.114. The number of pyridine rings is 1. The summed E-state index contributed by atoms with van der Waals surface area (Å²) in [6.45, 7) is 4.10. The molecule has 216 valence electrons. The van der Waals surface area contributed by atoms with E-state index in [1.807, 2.05) is 44.2 Å². The Bertz CT molecular complexity index is 2000. The van der Waals surface area contributed by atoms with Crippen LogP contribution in [0.3, 0.4) is 0 Å². The van der Waals surface area contributed by atoms with Crippen LogP contribution in [0.4, 0.5) is 21.6 Å². The van der Waals surface area contributed by atoms with Crippen LogP contribution in [-0.4, -0.2) is 41.6 Å². The van der Waals surface area contributed by atoms with Crippen LogP contribution in [0.25, 0.3) is 22.6 Å². The largest absolute Gasteiger partial charge is 0.492 e. The molecule has 2 aromatic carbocycles. The Kier molecular flexibility index (Phi) is 7.39. The molecule has 0 spiro atoms. The van der Waals surface area contributed by atoms with Crippen molar-refractivity contribution in [1.82, 2.24) is 29.1 Å². The van der Waals surface area contributed by atoms with E-state index in [2.05, 4.69) is 30.7 Å². The molecule has 4 aromatic heterocycles. The number of carbonyl (C=O) groups is 1. The Labute approximate surface area is 245 Å². The molecule has 12 heteroatoms. The maximum Gasteiger partial charge on any atom is 0.284 e. The van der Waals surface area contributed by atoms with Crippen LogP contribution >= 0.6 is 0 Å². The van der Waals surface area contributed by atoms with Crippen molar-refractivity contribution >= 4 is 45.7 Å². The Morgan fingerprint density at radius 1 is 1.02 bits per heavy atom. The van der Waals surface area contributed by atoms with Crippen molar-refractivity contribution in [3.63, 3.8) is 0 Å². The van der Waals surface area contributed by atoms with Crippen LogP contribution in [0.2, 0.25) is 0 Å². The van der Waals surface area contributed by atoms with Gasteiger partial charge in [0.05, 0.1) is 17.8 Å². The van der Waals surface area contributed by atoms with Gasteiger partial charge < -0.3 is 24.7 Å². The number of aromatic nitrogens is 6. The van der Waals surface area contributed by atoms with Crippen LogP contribution in [0.5, 0.6) is 17.2 Å². The van der Waals surface area contributed by atoms with Crippen LogP contribution in [0.15, 0.2) is 85.5 Å². The fraction of sp³-hybridized carbons (Fsp3) is 0.129. The second-order valence-corrected chi connectivity index (χ2v) is 9.64. The van der Waals surface area contributed by atoms with Crippen molar-refractivity contribution < 1.29 is 18.7 Å². The lowest BCUT2D eigenvalue weighted by Crippen LogP contribution is -2.13. The minimum Gasteiger partial charge on any atom is -0.492 e. The van der Waals surface area contributed by atoms with Gasteiger partial charge in [0.1, 0.15) is 35.7 Å². The van der Waals surface area contributed by atoms with Gasteiger partial charge in [-0.2, -0.15) is 5.10 Å². The van der Waals surface area contributed by atoms with E-state index < -0.39 is 11.7 Å². The Hall–Kier alpha value is -5.78. The number of aryl methyl sites for hydroxylation is 2. The third kappa shape index (κ3) is 5.84. The molecule has 1 amide bonds. The summed E-state index contributed by atoms with van der Waals surface area (Å²) >= 11 is 0. The van der Waals surface area contributed by atoms with Gasteiger partial charge in [-0.15, -0.1) is 0 Å². The Morgan fingerprint density at radius 3 is 2.70 bits per heavy atom. The van der Waals surface area contributed by atoms with E-state index in [0.29, 0.717) is 51.9 Å². The smallest absolute Gasteiger partial charge is 0.284 e.